The summed E-state index contributed by atoms with van der Waals surface area (Å²) in [6.45, 7) is 8.74. The Morgan fingerprint density at radius 1 is 1.22 bits per heavy atom. The zero-order chi connectivity index (χ0) is 17.3. The number of aliphatic imine (C=N–C) groups is 1. The van der Waals surface area contributed by atoms with Crippen molar-refractivity contribution in [3.8, 4) is 0 Å². The van der Waals surface area contributed by atoms with Gasteiger partial charge in [0, 0.05) is 19.6 Å². The second-order valence-corrected chi connectivity index (χ2v) is 7.37. The predicted octanol–water partition coefficient (Wildman–Crippen LogP) is 1.48. The van der Waals surface area contributed by atoms with Crippen molar-refractivity contribution in [2.24, 2.45) is 16.0 Å². The molecule has 7 heteroatoms. The van der Waals surface area contributed by atoms with Crippen LogP contribution in [-0.4, -0.2) is 34.0 Å². The fourth-order valence-corrected chi connectivity index (χ4v) is 2.46. The SMILES string of the molecule is CCNC(=NCCC(C)C)NCCc1ccc(S(N)(=O)=O)cc1. The fourth-order valence-electron chi connectivity index (χ4n) is 1.95. The molecule has 0 saturated carbocycles. The summed E-state index contributed by atoms with van der Waals surface area (Å²) in [6, 6.07) is 6.63. The molecule has 4 N–H and O–H groups in total. The molecule has 0 aliphatic carbocycles. The molecule has 0 radical (unpaired) electrons. The third kappa shape index (κ3) is 7.99. The minimum absolute atomic E-state index is 0.137. The van der Waals surface area contributed by atoms with Crippen molar-refractivity contribution in [1.29, 1.82) is 0 Å². The van der Waals surface area contributed by atoms with Gasteiger partial charge in [0.1, 0.15) is 0 Å². The normalized spacial score (nSPS) is 12.5. The van der Waals surface area contributed by atoms with Gasteiger partial charge in [-0.05, 0) is 43.4 Å². The van der Waals surface area contributed by atoms with Crippen molar-refractivity contribution in [2.75, 3.05) is 19.6 Å². The molecule has 1 aromatic carbocycles. The zero-order valence-electron chi connectivity index (χ0n) is 14.2. The van der Waals surface area contributed by atoms with E-state index in [0.717, 1.165) is 44.0 Å². The summed E-state index contributed by atoms with van der Waals surface area (Å²) >= 11 is 0. The van der Waals surface area contributed by atoms with Crippen LogP contribution in [0.5, 0.6) is 0 Å². The van der Waals surface area contributed by atoms with E-state index in [9.17, 15) is 8.42 Å². The van der Waals surface area contributed by atoms with Crippen LogP contribution in [0.15, 0.2) is 34.2 Å². The van der Waals surface area contributed by atoms with E-state index in [1.807, 2.05) is 6.92 Å². The van der Waals surface area contributed by atoms with Gasteiger partial charge in [-0.15, -0.1) is 0 Å². The smallest absolute Gasteiger partial charge is 0.238 e. The molecule has 0 fully saturated rings. The minimum atomic E-state index is -3.62. The Bertz CT molecular complexity index is 595. The average Bonchev–Trinajstić information content (AvgIpc) is 2.46. The van der Waals surface area contributed by atoms with Gasteiger partial charge in [0.25, 0.3) is 0 Å². The van der Waals surface area contributed by atoms with E-state index in [1.54, 1.807) is 12.1 Å². The maximum absolute atomic E-state index is 11.2. The van der Waals surface area contributed by atoms with E-state index >= 15 is 0 Å². The standard InChI is InChI=1S/C16H28N4O2S/c1-4-18-16(19-11-9-13(2)3)20-12-10-14-5-7-15(8-6-14)23(17,21)22/h5-8,13H,4,9-12H2,1-3H3,(H2,17,21,22)(H2,18,19,20). The molecule has 0 aliphatic rings. The van der Waals surface area contributed by atoms with Crippen LogP contribution in [0.25, 0.3) is 0 Å². The highest BCUT2D eigenvalue weighted by Crippen LogP contribution is 2.08. The molecule has 0 bridgehead atoms. The Labute approximate surface area is 139 Å². The first-order valence-electron chi connectivity index (χ1n) is 7.97. The molecule has 0 atom stereocenters. The van der Waals surface area contributed by atoms with Gasteiger partial charge in [-0.1, -0.05) is 26.0 Å². The Morgan fingerprint density at radius 2 is 1.87 bits per heavy atom. The molecule has 1 aromatic rings. The number of benzene rings is 1. The van der Waals surface area contributed by atoms with Crippen molar-refractivity contribution in [3.63, 3.8) is 0 Å². The molecule has 1 rings (SSSR count). The van der Waals surface area contributed by atoms with Crippen molar-refractivity contribution < 1.29 is 8.42 Å². The Balaban J connectivity index is 2.49. The van der Waals surface area contributed by atoms with Crippen LogP contribution < -0.4 is 15.8 Å². The summed E-state index contributed by atoms with van der Waals surface area (Å²) in [6.07, 6.45) is 1.84. The van der Waals surface area contributed by atoms with Crippen molar-refractivity contribution >= 4 is 16.0 Å². The number of nitrogens with zero attached hydrogens (tertiary/aromatic N) is 1. The van der Waals surface area contributed by atoms with Gasteiger partial charge in [-0.25, -0.2) is 13.6 Å². The molecule has 0 aromatic heterocycles. The lowest BCUT2D eigenvalue weighted by Crippen LogP contribution is -2.38. The second kappa shape index (κ2) is 9.52. The highest BCUT2D eigenvalue weighted by molar-refractivity contribution is 7.89. The van der Waals surface area contributed by atoms with E-state index in [2.05, 4.69) is 29.5 Å². The number of hydrogen-bond donors (Lipinski definition) is 3. The number of hydrogen-bond acceptors (Lipinski definition) is 3. The van der Waals surface area contributed by atoms with Gasteiger partial charge in [-0.2, -0.15) is 0 Å². The second-order valence-electron chi connectivity index (χ2n) is 5.81. The fraction of sp³-hybridized carbons (Fsp3) is 0.562. The van der Waals surface area contributed by atoms with Crippen LogP contribution in [0, 0.1) is 5.92 Å². The maximum atomic E-state index is 11.2. The van der Waals surface area contributed by atoms with Gasteiger partial charge >= 0.3 is 0 Å². The summed E-state index contributed by atoms with van der Waals surface area (Å²) in [5, 5.41) is 11.6. The van der Waals surface area contributed by atoms with Gasteiger partial charge in [-0.3, -0.25) is 4.99 Å². The molecule has 6 nitrogen and oxygen atoms in total. The number of primary sulfonamides is 1. The Hall–Kier alpha value is -1.60. The quantitative estimate of drug-likeness (QED) is 0.493. The van der Waals surface area contributed by atoms with E-state index in [4.69, 9.17) is 5.14 Å². The number of sulfonamides is 1. The van der Waals surface area contributed by atoms with Crippen molar-refractivity contribution in [3.05, 3.63) is 29.8 Å². The zero-order valence-corrected chi connectivity index (χ0v) is 15.0. The molecule has 0 amide bonds. The van der Waals surface area contributed by atoms with Gasteiger partial charge < -0.3 is 10.6 Å². The number of nitrogens with one attached hydrogen (secondary N) is 2. The largest absolute Gasteiger partial charge is 0.357 e. The topological polar surface area (TPSA) is 96.6 Å². The van der Waals surface area contributed by atoms with E-state index < -0.39 is 10.0 Å². The summed E-state index contributed by atoms with van der Waals surface area (Å²) in [4.78, 5) is 4.67. The first kappa shape index (κ1) is 19.4. The van der Waals surface area contributed by atoms with Crippen molar-refractivity contribution in [2.45, 2.75) is 38.5 Å². The van der Waals surface area contributed by atoms with Crippen LogP contribution in [0.2, 0.25) is 0 Å². The lowest BCUT2D eigenvalue weighted by atomic mass is 10.1. The number of guanidine groups is 1. The molecule has 0 heterocycles. The third-order valence-corrected chi connectivity index (χ3v) is 4.21. The van der Waals surface area contributed by atoms with Crippen LogP contribution in [0.3, 0.4) is 0 Å². The van der Waals surface area contributed by atoms with E-state index in [0.29, 0.717) is 5.92 Å². The lowest BCUT2D eigenvalue weighted by Gasteiger charge is -2.12. The maximum Gasteiger partial charge on any atom is 0.238 e. The highest BCUT2D eigenvalue weighted by Gasteiger charge is 2.06. The number of nitrogens with two attached hydrogens (primary N) is 1. The molecular weight excluding hydrogens is 312 g/mol. The summed E-state index contributed by atoms with van der Waals surface area (Å²) in [7, 11) is -3.62. The number of rotatable bonds is 8. The van der Waals surface area contributed by atoms with Gasteiger partial charge in [0.15, 0.2) is 5.96 Å². The molecule has 0 aliphatic heterocycles. The summed E-state index contributed by atoms with van der Waals surface area (Å²) in [5.41, 5.74) is 1.04. The Kier molecular flexibility index (Phi) is 8.05. The third-order valence-electron chi connectivity index (χ3n) is 3.28. The molecular formula is C16H28N4O2S. The monoisotopic (exact) mass is 340 g/mol. The van der Waals surface area contributed by atoms with Crippen LogP contribution in [0.1, 0.15) is 32.8 Å². The van der Waals surface area contributed by atoms with Crippen LogP contribution in [-0.2, 0) is 16.4 Å². The Morgan fingerprint density at radius 3 is 2.39 bits per heavy atom. The van der Waals surface area contributed by atoms with Crippen LogP contribution in [0.4, 0.5) is 0 Å². The van der Waals surface area contributed by atoms with E-state index in [-0.39, 0.29) is 4.90 Å². The van der Waals surface area contributed by atoms with Crippen molar-refractivity contribution in [1.82, 2.24) is 10.6 Å². The van der Waals surface area contributed by atoms with Gasteiger partial charge in [0.2, 0.25) is 10.0 Å². The molecule has 0 unspecified atom stereocenters. The molecule has 23 heavy (non-hydrogen) atoms. The first-order chi connectivity index (χ1) is 10.8. The summed E-state index contributed by atoms with van der Waals surface area (Å²) < 4.78 is 22.4. The predicted molar refractivity (Wildman–Crippen MR) is 95.0 cm³/mol. The van der Waals surface area contributed by atoms with E-state index in [1.165, 1.54) is 12.1 Å². The summed E-state index contributed by atoms with van der Waals surface area (Å²) in [5.74, 6) is 1.45. The lowest BCUT2D eigenvalue weighted by molar-refractivity contribution is 0.594. The molecule has 0 spiro atoms. The minimum Gasteiger partial charge on any atom is -0.357 e. The highest BCUT2D eigenvalue weighted by atomic mass is 32.2. The van der Waals surface area contributed by atoms with Crippen LogP contribution >= 0.6 is 0 Å². The molecule has 0 saturated heterocycles. The average molecular weight is 340 g/mol. The van der Waals surface area contributed by atoms with Gasteiger partial charge in [0.05, 0.1) is 4.90 Å². The first-order valence-corrected chi connectivity index (χ1v) is 9.51. The molecule has 130 valence electrons.